The van der Waals surface area contributed by atoms with Crippen LogP contribution in [-0.2, 0) is 11.2 Å². The zero-order chi connectivity index (χ0) is 15.1. The number of anilines is 1. The minimum absolute atomic E-state index is 0.0407. The minimum Gasteiger partial charge on any atom is -0.383 e. The Balaban J connectivity index is 1.70. The highest BCUT2D eigenvalue weighted by Gasteiger charge is 2.05. The molecule has 2 aromatic carbocycles. The number of amides is 1. The average molecular weight is 323 g/mol. The third-order valence-corrected chi connectivity index (χ3v) is 3.55. The van der Waals surface area contributed by atoms with E-state index >= 15 is 0 Å². The Labute approximate surface area is 134 Å². The van der Waals surface area contributed by atoms with Gasteiger partial charge in [-0.2, -0.15) is 0 Å². The van der Waals surface area contributed by atoms with Crippen LogP contribution < -0.4 is 10.6 Å². The molecule has 0 heterocycles. The molecule has 0 aliphatic rings. The number of carbonyl (C=O) groups is 1. The third kappa shape index (κ3) is 5.29. The van der Waals surface area contributed by atoms with E-state index in [1.807, 2.05) is 42.5 Å². The van der Waals surface area contributed by atoms with Gasteiger partial charge in [-0.3, -0.25) is 4.79 Å². The Morgan fingerprint density at radius 1 is 0.952 bits per heavy atom. The monoisotopic (exact) mass is 322 g/mol. The van der Waals surface area contributed by atoms with Crippen LogP contribution in [0.25, 0.3) is 0 Å². The lowest BCUT2D eigenvalue weighted by Gasteiger charge is -2.08. The predicted molar refractivity (Wildman–Crippen MR) is 88.1 cm³/mol. The Kier molecular flexibility index (Phi) is 5.90. The molecule has 0 aromatic heterocycles. The first kappa shape index (κ1) is 15.7. The van der Waals surface area contributed by atoms with Crippen molar-refractivity contribution < 1.29 is 4.79 Å². The largest absolute Gasteiger partial charge is 0.383 e. The van der Waals surface area contributed by atoms with E-state index in [1.165, 1.54) is 0 Å². The van der Waals surface area contributed by atoms with Gasteiger partial charge in [0.25, 0.3) is 0 Å². The van der Waals surface area contributed by atoms with Crippen LogP contribution in [-0.4, -0.2) is 19.0 Å². The fourth-order valence-corrected chi connectivity index (χ4v) is 2.18. The maximum Gasteiger partial charge on any atom is 0.224 e. The highest BCUT2D eigenvalue weighted by Crippen LogP contribution is 2.15. The van der Waals surface area contributed by atoms with E-state index in [4.69, 9.17) is 23.2 Å². The van der Waals surface area contributed by atoms with Gasteiger partial charge in [-0.15, -0.1) is 0 Å². The van der Waals surface area contributed by atoms with Crippen molar-refractivity contribution in [2.75, 3.05) is 18.4 Å². The molecule has 0 aliphatic heterocycles. The van der Waals surface area contributed by atoms with Crippen molar-refractivity contribution in [3.63, 3.8) is 0 Å². The summed E-state index contributed by atoms with van der Waals surface area (Å²) >= 11 is 11.8. The molecule has 3 nitrogen and oxygen atoms in total. The summed E-state index contributed by atoms with van der Waals surface area (Å²) in [6.07, 6.45) is 0.292. The van der Waals surface area contributed by atoms with Gasteiger partial charge in [0.1, 0.15) is 0 Å². The number of rotatable bonds is 6. The molecule has 5 heteroatoms. The maximum atomic E-state index is 11.8. The van der Waals surface area contributed by atoms with Crippen molar-refractivity contribution in [3.05, 3.63) is 64.1 Å². The fraction of sp³-hybridized carbons (Fsp3) is 0.188. The summed E-state index contributed by atoms with van der Waals surface area (Å²) in [5, 5.41) is 7.38. The van der Waals surface area contributed by atoms with Gasteiger partial charge in [-0.05, 0) is 35.9 Å². The number of hydrogen-bond donors (Lipinski definition) is 2. The smallest absolute Gasteiger partial charge is 0.224 e. The maximum absolute atomic E-state index is 11.8. The Hall–Kier alpha value is -1.71. The number of hydrogen-bond acceptors (Lipinski definition) is 2. The van der Waals surface area contributed by atoms with E-state index in [0.29, 0.717) is 29.6 Å². The van der Waals surface area contributed by atoms with Gasteiger partial charge < -0.3 is 10.6 Å². The summed E-state index contributed by atoms with van der Waals surface area (Å²) in [4.78, 5) is 11.8. The lowest BCUT2D eigenvalue weighted by molar-refractivity contribution is -0.120. The van der Waals surface area contributed by atoms with Crippen LogP contribution in [0.15, 0.2) is 48.5 Å². The number of carbonyl (C=O) groups excluding carboxylic acids is 1. The zero-order valence-corrected chi connectivity index (χ0v) is 12.9. The molecule has 0 spiro atoms. The fourth-order valence-electron chi connectivity index (χ4n) is 1.85. The molecule has 0 unspecified atom stereocenters. The summed E-state index contributed by atoms with van der Waals surface area (Å²) in [5.74, 6) is -0.0407. The molecule has 2 N–H and O–H groups in total. The summed E-state index contributed by atoms with van der Waals surface area (Å²) < 4.78 is 0. The summed E-state index contributed by atoms with van der Waals surface area (Å²) in [5.41, 5.74) is 1.81. The molecule has 0 atom stereocenters. The van der Waals surface area contributed by atoms with Gasteiger partial charge in [-0.1, -0.05) is 41.4 Å². The van der Waals surface area contributed by atoms with Crippen molar-refractivity contribution in [1.29, 1.82) is 0 Å². The molecule has 110 valence electrons. The van der Waals surface area contributed by atoms with Crippen molar-refractivity contribution in [3.8, 4) is 0 Å². The second kappa shape index (κ2) is 7.91. The van der Waals surface area contributed by atoms with Crippen LogP contribution >= 0.6 is 23.2 Å². The molecule has 0 saturated heterocycles. The Morgan fingerprint density at radius 3 is 2.38 bits per heavy atom. The van der Waals surface area contributed by atoms with Gasteiger partial charge in [0.05, 0.1) is 6.42 Å². The Morgan fingerprint density at radius 2 is 1.67 bits per heavy atom. The van der Waals surface area contributed by atoms with Crippen LogP contribution in [0.5, 0.6) is 0 Å². The van der Waals surface area contributed by atoms with E-state index in [2.05, 4.69) is 10.6 Å². The molecule has 0 saturated carbocycles. The molecule has 2 rings (SSSR count). The third-order valence-electron chi connectivity index (χ3n) is 2.93. The number of halogens is 2. The standard InChI is InChI=1S/C16H16Cl2N2O/c17-13-5-7-14(8-6-13)19-9-10-20-16(21)11-12-3-1-2-4-15(12)18/h1-8,19H,9-11H2,(H,20,21). The molecule has 0 aliphatic carbocycles. The molecule has 1 amide bonds. The van der Waals surface area contributed by atoms with E-state index in [-0.39, 0.29) is 5.91 Å². The molecule has 0 radical (unpaired) electrons. The first-order valence-corrected chi connectivity index (χ1v) is 7.40. The van der Waals surface area contributed by atoms with Crippen LogP contribution in [0, 0.1) is 0 Å². The second-order valence-corrected chi connectivity index (χ2v) is 5.40. The van der Waals surface area contributed by atoms with Crippen molar-refractivity contribution >= 4 is 34.8 Å². The quantitative estimate of drug-likeness (QED) is 0.795. The van der Waals surface area contributed by atoms with Crippen LogP contribution in [0.2, 0.25) is 10.0 Å². The topological polar surface area (TPSA) is 41.1 Å². The molecule has 0 bridgehead atoms. The normalized spacial score (nSPS) is 10.2. The van der Waals surface area contributed by atoms with Gasteiger partial charge >= 0.3 is 0 Å². The van der Waals surface area contributed by atoms with Crippen molar-refractivity contribution in [2.24, 2.45) is 0 Å². The van der Waals surface area contributed by atoms with Gasteiger partial charge in [0.2, 0.25) is 5.91 Å². The van der Waals surface area contributed by atoms with Gasteiger partial charge in [-0.25, -0.2) is 0 Å². The lowest BCUT2D eigenvalue weighted by atomic mass is 10.1. The molecular formula is C16H16Cl2N2O. The van der Waals surface area contributed by atoms with E-state index < -0.39 is 0 Å². The molecule has 21 heavy (non-hydrogen) atoms. The first-order valence-electron chi connectivity index (χ1n) is 6.65. The van der Waals surface area contributed by atoms with Gasteiger partial charge in [0, 0.05) is 28.8 Å². The van der Waals surface area contributed by atoms with Crippen LogP contribution in [0.3, 0.4) is 0 Å². The zero-order valence-electron chi connectivity index (χ0n) is 11.4. The number of nitrogens with one attached hydrogen (secondary N) is 2. The number of benzene rings is 2. The summed E-state index contributed by atoms with van der Waals surface area (Å²) in [7, 11) is 0. The van der Waals surface area contributed by atoms with Crippen LogP contribution in [0.4, 0.5) is 5.69 Å². The van der Waals surface area contributed by atoms with Gasteiger partial charge in [0.15, 0.2) is 0 Å². The molecule has 0 fully saturated rings. The summed E-state index contributed by atoms with van der Waals surface area (Å²) in [6, 6.07) is 14.8. The molecule has 2 aromatic rings. The van der Waals surface area contributed by atoms with E-state index in [9.17, 15) is 4.79 Å². The van der Waals surface area contributed by atoms with Crippen LogP contribution in [0.1, 0.15) is 5.56 Å². The SMILES string of the molecule is O=C(Cc1ccccc1Cl)NCCNc1ccc(Cl)cc1. The lowest BCUT2D eigenvalue weighted by Crippen LogP contribution is -2.30. The predicted octanol–water partition coefficient (Wildman–Crippen LogP) is 3.76. The van der Waals surface area contributed by atoms with E-state index in [0.717, 1.165) is 11.3 Å². The highest BCUT2D eigenvalue weighted by atomic mass is 35.5. The first-order chi connectivity index (χ1) is 10.1. The molecular weight excluding hydrogens is 307 g/mol. The average Bonchev–Trinajstić information content (AvgIpc) is 2.48. The van der Waals surface area contributed by atoms with E-state index in [1.54, 1.807) is 6.07 Å². The second-order valence-electron chi connectivity index (χ2n) is 4.55. The van der Waals surface area contributed by atoms with Crippen molar-refractivity contribution in [1.82, 2.24) is 5.32 Å². The summed E-state index contributed by atoms with van der Waals surface area (Å²) in [6.45, 7) is 1.20. The van der Waals surface area contributed by atoms with Crippen molar-refractivity contribution in [2.45, 2.75) is 6.42 Å². The highest BCUT2D eigenvalue weighted by molar-refractivity contribution is 6.31. The minimum atomic E-state index is -0.0407. The Bertz CT molecular complexity index is 599.